The monoisotopic (exact) mass is 564 g/mol. The molecule has 3 rings (SSSR count). The van der Waals surface area contributed by atoms with Gasteiger partial charge < -0.3 is 10.1 Å². The summed E-state index contributed by atoms with van der Waals surface area (Å²) in [5, 5.41) is 2.91. The molecule has 0 saturated heterocycles. The number of aryl methyl sites for hydroxylation is 3. The first kappa shape index (κ1) is 30.7. The fourth-order valence-corrected chi connectivity index (χ4v) is 4.85. The molecule has 212 valence electrons. The number of rotatable bonds is 11. The zero-order valence-corrected chi connectivity index (χ0v) is 24.2. The lowest BCUT2D eigenvalue weighted by Crippen LogP contribution is -2.24. The van der Waals surface area contributed by atoms with E-state index in [9.17, 15) is 18.0 Å². The molecule has 9 heteroatoms. The third kappa shape index (κ3) is 8.34. The maximum Gasteiger partial charge on any atom is 0.344 e. The molecule has 2 N–H and O–H groups in total. The lowest BCUT2D eigenvalue weighted by molar-refractivity contribution is -0.128. The maximum absolute atomic E-state index is 13.9. The second kappa shape index (κ2) is 14.0. The van der Waals surface area contributed by atoms with Crippen molar-refractivity contribution < 1.29 is 27.3 Å². The number of unbranched alkanes of at least 4 members (excludes halogenated alkanes) is 1. The highest BCUT2D eigenvalue weighted by atomic mass is 32.2. The third-order valence-electron chi connectivity index (χ3n) is 6.37. The van der Waals surface area contributed by atoms with Gasteiger partial charge in [-0.05, 0) is 74.1 Å². The Bertz CT molecular complexity index is 1480. The third-order valence-corrected chi connectivity index (χ3v) is 7.17. The van der Waals surface area contributed by atoms with E-state index in [1.807, 2.05) is 31.2 Å². The highest BCUT2D eigenvalue weighted by molar-refractivity contribution is 7.85. The molecule has 8 nitrogen and oxygen atoms in total. The van der Waals surface area contributed by atoms with E-state index in [1.165, 1.54) is 0 Å². The van der Waals surface area contributed by atoms with E-state index in [-0.39, 0.29) is 18.9 Å². The molecule has 1 aliphatic rings. The number of hydrogen-bond acceptors (Lipinski definition) is 6. The predicted molar refractivity (Wildman–Crippen MR) is 159 cm³/mol. The largest absolute Gasteiger partial charge is 0.422 e. The summed E-state index contributed by atoms with van der Waals surface area (Å²) < 4.78 is 37.2. The fourth-order valence-electron chi connectivity index (χ4n) is 4.35. The normalized spacial score (nSPS) is 15.3. The van der Waals surface area contributed by atoms with E-state index in [1.54, 1.807) is 50.3 Å². The first-order chi connectivity index (χ1) is 19.0. The van der Waals surface area contributed by atoms with Gasteiger partial charge >= 0.3 is 5.97 Å². The zero-order chi connectivity index (χ0) is 29.3. The summed E-state index contributed by atoms with van der Waals surface area (Å²) in [6, 6.07) is 10.9. The number of aliphatic imine (C=N–C) groups is 1. The molecular formula is C31H36N2O6S. The first-order valence-electron chi connectivity index (χ1n) is 13.3. The van der Waals surface area contributed by atoms with E-state index in [0.29, 0.717) is 51.4 Å². The minimum absolute atomic E-state index is 0.133. The van der Waals surface area contributed by atoms with Crippen LogP contribution in [0.15, 0.2) is 71.3 Å². The molecule has 0 fully saturated rings. The van der Waals surface area contributed by atoms with Gasteiger partial charge in [-0.2, -0.15) is 8.42 Å². The molecule has 0 bridgehead atoms. The van der Waals surface area contributed by atoms with Crippen molar-refractivity contribution >= 4 is 33.3 Å². The summed E-state index contributed by atoms with van der Waals surface area (Å²) in [5.41, 5.74) is 4.70. The minimum atomic E-state index is -4.09. The number of esters is 1. The van der Waals surface area contributed by atoms with Gasteiger partial charge in [0.1, 0.15) is 5.75 Å². The molecule has 40 heavy (non-hydrogen) atoms. The summed E-state index contributed by atoms with van der Waals surface area (Å²) in [5.74, 6) is -0.778. The fraction of sp³-hybridized carbons (Fsp3) is 0.323. The summed E-state index contributed by atoms with van der Waals surface area (Å²) in [6.45, 7) is 8.29. The predicted octanol–water partition coefficient (Wildman–Crippen LogP) is 5.35. The van der Waals surface area contributed by atoms with Gasteiger partial charge in [-0.1, -0.05) is 55.8 Å². The Kier molecular flexibility index (Phi) is 10.8. The van der Waals surface area contributed by atoms with Crippen LogP contribution in [0.4, 0.5) is 0 Å². The average Bonchev–Trinajstić information content (AvgIpc) is 2.90. The first-order valence-corrected chi connectivity index (χ1v) is 14.9. The number of allylic oxidation sites excluding steroid dienone is 5. The van der Waals surface area contributed by atoms with Crippen molar-refractivity contribution in [2.45, 2.75) is 47.0 Å². The summed E-state index contributed by atoms with van der Waals surface area (Å²) in [7, 11) is -4.09. The average molecular weight is 565 g/mol. The lowest BCUT2D eigenvalue weighted by atomic mass is 9.91. The van der Waals surface area contributed by atoms with Crippen LogP contribution >= 0.6 is 0 Å². The highest BCUT2D eigenvalue weighted by Gasteiger charge is 2.25. The Hall–Kier alpha value is -3.82. The Morgan fingerprint density at radius 2 is 1.65 bits per heavy atom. The van der Waals surface area contributed by atoms with Gasteiger partial charge in [0.25, 0.3) is 16.0 Å². The number of nitrogens with one attached hydrogen (secondary N) is 1. The molecule has 0 unspecified atom stereocenters. The topological polar surface area (TPSA) is 122 Å². The van der Waals surface area contributed by atoms with Crippen molar-refractivity contribution in [2.75, 3.05) is 18.8 Å². The van der Waals surface area contributed by atoms with Crippen LogP contribution in [0.2, 0.25) is 0 Å². The van der Waals surface area contributed by atoms with Crippen LogP contribution in [0.3, 0.4) is 0 Å². The molecule has 0 atom stereocenters. The number of carbonyl (C=O) groups is 2. The van der Waals surface area contributed by atoms with Gasteiger partial charge in [0, 0.05) is 24.2 Å². The molecule has 1 aliphatic carbocycles. The van der Waals surface area contributed by atoms with Gasteiger partial charge in [-0.25, -0.2) is 4.79 Å². The van der Waals surface area contributed by atoms with Crippen LogP contribution in [0, 0.1) is 20.8 Å². The van der Waals surface area contributed by atoms with Crippen molar-refractivity contribution in [1.29, 1.82) is 0 Å². The van der Waals surface area contributed by atoms with E-state index in [2.05, 4.69) is 17.2 Å². The molecule has 2 aromatic rings. The summed E-state index contributed by atoms with van der Waals surface area (Å²) in [6.07, 6.45) is 9.10. The zero-order valence-electron chi connectivity index (χ0n) is 23.4. The van der Waals surface area contributed by atoms with E-state index in [0.717, 1.165) is 18.4 Å². The second-order valence-electron chi connectivity index (χ2n) is 9.67. The Morgan fingerprint density at radius 3 is 2.30 bits per heavy atom. The number of carbonyl (C=O) groups excluding carboxylic acids is 2. The van der Waals surface area contributed by atoms with Crippen LogP contribution in [0.25, 0.3) is 5.57 Å². The standard InChI is InChI=1S/C31H36N2O6S/c1-5-6-16-33-30(34)24-19-22(3)29(23(4)20-24)39-31(35)28(25-13-8-7-12-21(25)2)26-14-9-10-15-27(26)32-17-11-18-40(36,37)38/h7-10,12-15,19-20H,5-6,11,16-18H2,1-4H3,(H,33,34)(H,36,37,38)/b28-26+,32-27?. The van der Waals surface area contributed by atoms with Crippen LogP contribution in [0.5, 0.6) is 5.75 Å². The molecule has 1 amide bonds. The Balaban J connectivity index is 2.00. The molecule has 0 aliphatic heterocycles. The number of ether oxygens (including phenoxy) is 1. The lowest BCUT2D eigenvalue weighted by Gasteiger charge is -2.18. The van der Waals surface area contributed by atoms with E-state index >= 15 is 0 Å². The maximum atomic E-state index is 13.9. The highest BCUT2D eigenvalue weighted by Crippen LogP contribution is 2.31. The number of nitrogens with zero attached hydrogens (tertiary/aromatic N) is 1. The summed E-state index contributed by atoms with van der Waals surface area (Å²) >= 11 is 0. The van der Waals surface area contributed by atoms with Crippen LogP contribution < -0.4 is 10.1 Å². The van der Waals surface area contributed by atoms with Gasteiger partial charge in [0.15, 0.2) is 0 Å². The second-order valence-corrected chi connectivity index (χ2v) is 11.2. The van der Waals surface area contributed by atoms with Gasteiger partial charge in [-0.15, -0.1) is 0 Å². The molecule has 2 aromatic carbocycles. The van der Waals surface area contributed by atoms with Crippen LogP contribution in [-0.2, 0) is 14.9 Å². The molecule has 0 radical (unpaired) electrons. The molecular weight excluding hydrogens is 528 g/mol. The molecule has 0 saturated carbocycles. The summed E-state index contributed by atoms with van der Waals surface area (Å²) in [4.78, 5) is 31.0. The SMILES string of the molecule is CCCCNC(=O)c1cc(C)c(OC(=O)/C(=C2\C=CC=CC2=NCCCS(=O)(=O)O)c2ccccc2C)c(C)c1. The molecule has 0 aromatic heterocycles. The van der Waals surface area contributed by atoms with Crippen molar-refractivity contribution in [3.63, 3.8) is 0 Å². The van der Waals surface area contributed by atoms with Gasteiger partial charge in [0.05, 0.1) is 17.0 Å². The minimum Gasteiger partial charge on any atom is -0.422 e. The quantitative estimate of drug-likeness (QED) is 0.125. The number of hydrogen-bond donors (Lipinski definition) is 2. The van der Waals surface area contributed by atoms with Crippen LogP contribution in [-0.4, -0.2) is 49.4 Å². The number of amides is 1. The Morgan fingerprint density at radius 1 is 0.975 bits per heavy atom. The van der Waals surface area contributed by atoms with Crippen LogP contribution in [0.1, 0.15) is 58.8 Å². The van der Waals surface area contributed by atoms with Crippen molar-refractivity contribution in [2.24, 2.45) is 4.99 Å². The van der Waals surface area contributed by atoms with Crippen molar-refractivity contribution in [1.82, 2.24) is 5.32 Å². The van der Waals surface area contributed by atoms with E-state index in [4.69, 9.17) is 9.29 Å². The number of benzene rings is 2. The van der Waals surface area contributed by atoms with Crippen molar-refractivity contribution in [3.05, 3.63) is 94.1 Å². The smallest absolute Gasteiger partial charge is 0.344 e. The molecule has 0 heterocycles. The van der Waals surface area contributed by atoms with Gasteiger partial charge in [-0.3, -0.25) is 14.3 Å². The van der Waals surface area contributed by atoms with Gasteiger partial charge in [0.2, 0.25) is 0 Å². The Labute approximate surface area is 236 Å². The van der Waals surface area contributed by atoms with E-state index < -0.39 is 21.8 Å². The molecule has 0 spiro atoms. The van der Waals surface area contributed by atoms with Crippen molar-refractivity contribution in [3.8, 4) is 5.75 Å².